The van der Waals surface area contributed by atoms with Crippen molar-refractivity contribution < 1.29 is 24.6 Å². The lowest BCUT2D eigenvalue weighted by Crippen LogP contribution is -2.52. The van der Waals surface area contributed by atoms with Crippen LogP contribution in [0.25, 0.3) is 0 Å². The van der Waals surface area contributed by atoms with Gasteiger partial charge in [0.25, 0.3) is 0 Å². The summed E-state index contributed by atoms with van der Waals surface area (Å²) < 4.78 is 0. The Labute approximate surface area is 316 Å². The van der Waals surface area contributed by atoms with E-state index in [1.165, 1.54) is 17.8 Å². The van der Waals surface area contributed by atoms with E-state index in [1.807, 2.05) is 32.0 Å². The van der Waals surface area contributed by atoms with Crippen LogP contribution in [-0.4, -0.2) is 92.6 Å². The summed E-state index contributed by atoms with van der Waals surface area (Å²) in [5.41, 5.74) is 7.47. The number of pyridine rings is 1. The van der Waals surface area contributed by atoms with Crippen molar-refractivity contribution in [3.05, 3.63) is 41.2 Å². The van der Waals surface area contributed by atoms with Crippen molar-refractivity contribution in [3.63, 3.8) is 0 Å². The molecule has 0 aliphatic heterocycles. The Kier molecular flexibility index (Phi) is 19.0. The molecule has 2 aromatic rings. The number of nitrogens with zero attached hydrogens (tertiary/aromatic N) is 4. The van der Waals surface area contributed by atoms with E-state index in [4.69, 9.17) is 5.73 Å². The van der Waals surface area contributed by atoms with E-state index in [9.17, 15) is 24.6 Å². The molecule has 1 saturated carbocycles. The first-order valence-corrected chi connectivity index (χ1v) is 20.6. The molecular formula is C40H66N6O5S. The zero-order valence-electron chi connectivity index (χ0n) is 32.3. The molecule has 3 amide bonds. The van der Waals surface area contributed by atoms with Gasteiger partial charge in [-0.1, -0.05) is 78.7 Å². The number of carbonyl (C=O) groups is 3. The van der Waals surface area contributed by atoms with Gasteiger partial charge in [0.1, 0.15) is 6.10 Å². The highest BCUT2D eigenvalue weighted by Crippen LogP contribution is 2.29. The van der Waals surface area contributed by atoms with Gasteiger partial charge >= 0.3 is 0 Å². The molecule has 0 radical (unpaired) electrons. The van der Waals surface area contributed by atoms with Crippen LogP contribution in [-0.2, 0) is 27.2 Å². The van der Waals surface area contributed by atoms with Crippen LogP contribution in [0.3, 0.4) is 0 Å². The monoisotopic (exact) mass is 742 g/mol. The van der Waals surface area contributed by atoms with E-state index in [0.29, 0.717) is 49.1 Å². The molecule has 5 N–H and O–H groups in total. The summed E-state index contributed by atoms with van der Waals surface area (Å²) in [7, 11) is 1.75. The van der Waals surface area contributed by atoms with Gasteiger partial charge < -0.3 is 31.1 Å². The number of nitrogen functional groups attached to an aromatic ring is 1. The van der Waals surface area contributed by atoms with Crippen LogP contribution in [0.4, 0.5) is 5.13 Å². The largest absolute Gasteiger partial charge is 0.390 e. The van der Waals surface area contributed by atoms with Gasteiger partial charge in [-0.25, -0.2) is 4.98 Å². The molecule has 2 heterocycles. The Morgan fingerprint density at radius 2 is 1.75 bits per heavy atom. The van der Waals surface area contributed by atoms with E-state index in [1.54, 1.807) is 28.4 Å². The highest BCUT2D eigenvalue weighted by Gasteiger charge is 2.35. The van der Waals surface area contributed by atoms with Crippen molar-refractivity contribution in [2.24, 2.45) is 23.7 Å². The fourth-order valence-electron chi connectivity index (χ4n) is 7.47. The number of anilines is 1. The quantitative estimate of drug-likeness (QED) is 0.114. The smallest absolute Gasteiger partial charge is 0.241 e. The van der Waals surface area contributed by atoms with Crippen LogP contribution in [0.1, 0.15) is 116 Å². The van der Waals surface area contributed by atoms with E-state index >= 15 is 0 Å². The van der Waals surface area contributed by atoms with Gasteiger partial charge in [-0.2, -0.15) is 0 Å². The van der Waals surface area contributed by atoms with Crippen LogP contribution in [0.15, 0.2) is 29.8 Å². The van der Waals surface area contributed by atoms with Gasteiger partial charge in [0, 0.05) is 56.7 Å². The summed E-state index contributed by atoms with van der Waals surface area (Å²) in [5, 5.41) is 27.7. The molecular weight excluding hydrogens is 677 g/mol. The number of aliphatic hydroxyl groups excluding tert-OH is 2. The zero-order valence-corrected chi connectivity index (χ0v) is 33.2. The highest BCUT2D eigenvalue weighted by atomic mass is 32.1. The molecule has 0 unspecified atom stereocenters. The molecule has 52 heavy (non-hydrogen) atoms. The van der Waals surface area contributed by atoms with E-state index < -0.39 is 24.2 Å². The normalized spacial score (nSPS) is 16.0. The average molecular weight is 743 g/mol. The van der Waals surface area contributed by atoms with Gasteiger partial charge in [0.2, 0.25) is 17.7 Å². The number of aromatic nitrogens is 2. The number of aliphatic hydroxyl groups is 2. The molecule has 0 spiro atoms. The number of nitrogens with two attached hydrogens (primary N) is 1. The first kappa shape index (κ1) is 43.3. The molecule has 292 valence electrons. The topological polar surface area (TPSA) is 162 Å². The number of hydrogen-bond donors (Lipinski definition) is 4. The van der Waals surface area contributed by atoms with Gasteiger partial charge in [-0.15, -0.1) is 11.3 Å². The number of amides is 3. The summed E-state index contributed by atoms with van der Waals surface area (Å²) in [6.07, 6.45) is 10.5. The van der Waals surface area contributed by atoms with E-state index in [0.717, 1.165) is 57.1 Å². The van der Waals surface area contributed by atoms with Crippen LogP contribution in [0, 0.1) is 23.7 Å². The van der Waals surface area contributed by atoms with Crippen molar-refractivity contribution in [1.29, 1.82) is 0 Å². The molecule has 0 saturated heterocycles. The summed E-state index contributed by atoms with van der Waals surface area (Å²) in [5.74, 6) is -0.877. The standard InChI is InChI=1S/C40H66N6O5S/c1-6-13-30(14-7-2)25-46(26-37(49)45(5)20-18-32-17-11-12-19-42-32)36(48)24-31(23-33-27-52-40(41)43-33)39(51)44-34(22-29-15-9-8-10-16-29)38(50)35(47)21-28(3)4/h11-12,17,19,27-31,34-35,38,47,50H,6-10,13-16,18,20-26H2,1-5H3,(H2,41,43)(H,44,51)/t31-,34+,35+,38-/m1/s1. The Bertz CT molecular complexity index is 1330. The highest BCUT2D eigenvalue weighted by molar-refractivity contribution is 7.13. The van der Waals surface area contributed by atoms with E-state index in [2.05, 4.69) is 29.1 Å². The molecule has 1 fully saturated rings. The SMILES string of the molecule is CCCC(CCC)CN(CC(=O)N(C)CCc1ccccn1)C(=O)C[C@@H](Cc1csc(N)n1)C(=O)N[C@@H](CC1CCCCC1)[C@@H](O)[C@@H](O)CC(C)C. The fraction of sp³-hybridized carbons (Fsp3) is 0.725. The molecule has 1 aliphatic carbocycles. The van der Waals surface area contributed by atoms with Crippen molar-refractivity contribution >= 4 is 34.2 Å². The minimum Gasteiger partial charge on any atom is -0.390 e. The molecule has 4 atom stereocenters. The number of nitrogens with one attached hydrogen (secondary N) is 1. The minimum atomic E-state index is -1.14. The zero-order chi connectivity index (χ0) is 38.0. The Morgan fingerprint density at radius 1 is 1.04 bits per heavy atom. The molecule has 12 heteroatoms. The second-order valence-electron chi connectivity index (χ2n) is 15.4. The third-order valence-corrected chi connectivity index (χ3v) is 11.1. The van der Waals surface area contributed by atoms with Gasteiger partial charge in [0.05, 0.1) is 30.3 Å². The van der Waals surface area contributed by atoms with Gasteiger partial charge in [0.15, 0.2) is 5.13 Å². The maximum Gasteiger partial charge on any atom is 0.241 e. The molecule has 1 aliphatic rings. The summed E-state index contributed by atoms with van der Waals surface area (Å²) in [6.45, 7) is 9.06. The van der Waals surface area contributed by atoms with Gasteiger partial charge in [-0.3, -0.25) is 19.4 Å². The molecule has 3 rings (SSSR count). The van der Waals surface area contributed by atoms with Crippen LogP contribution in [0.2, 0.25) is 0 Å². The summed E-state index contributed by atoms with van der Waals surface area (Å²) >= 11 is 1.28. The Hall–Kier alpha value is -3.09. The summed E-state index contributed by atoms with van der Waals surface area (Å²) in [4.78, 5) is 54.3. The number of carbonyl (C=O) groups excluding carboxylic acids is 3. The number of hydrogen-bond acceptors (Lipinski definition) is 9. The molecule has 11 nitrogen and oxygen atoms in total. The third-order valence-electron chi connectivity index (χ3n) is 10.4. The lowest BCUT2D eigenvalue weighted by molar-refractivity contribution is -0.142. The summed E-state index contributed by atoms with van der Waals surface area (Å²) in [6, 6.07) is 5.05. The van der Waals surface area contributed by atoms with Crippen LogP contribution >= 0.6 is 11.3 Å². The number of likely N-dealkylation sites (N-methyl/N-ethyl adjacent to an activating group) is 1. The molecule has 2 aromatic heterocycles. The van der Waals surface area contributed by atoms with Crippen LogP contribution < -0.4 is 11.1 Å². The maximum absolute atomic E-state index is 14.3. The maximum atomic E-state index is 14.3. The first-order chi connectivity index (χ1) is 24.9. The lowest BCUT2D eigenvalue weighted by atomic mass is 9.82. The van der Waals surface area contributed by atoms with Crippen molar-refractivity contribution in [1.82, 2.24) is 25.1 Å². The first-order valence-electron chi connectivity index (χ1n) is 19.7. The molecule has 0 bridgehead atoms. The third kappa shape index (κ3) is 15.1. The number of thiazole rings is 1. The van der Waals surface area contributed by atoms with E-state index in [-0.39, 0.29) is 48.9 Å². The second kappa shape index (κ2) is 22.9. The fourth-order valence-corrected chi connectivity index (χ4v) is 8.05. The Balaban J connectivity index is 1.85. The van der Waals surface area contributed by atoms with Gasteiger partial charge in [-0.05, 0) is 55.6 Å². The lowest BCUT2D eigenvalue weighted by Gasteiger charge is -2.34. The predicted molar refractivity (Wildman–Crippen MR) is 208 cm³/mol. The molecule has 0 aromatic carbocycles. The van der Waals surface area contributed by atoms with Crippen molar-refractivity contribution in [2.45, 2.75) is 136 Å². The minimum absolute atomic E-state index is 0.0795. The Morgan fingerprint density at radius 3 is 2.35 bits per heavy atom. The van der Waals surface area contributed by atoms with Crippen LogP contribution in [0.5, 0.6) is 0 Å². The number of rotatable bonds is 23. The second-order valence-corrected chi connectivity index (χ2v) is 16.3. The predicted octanol–water partition coefficient (Wildman–Crippen LogP) is 5.64. The average Bonchev–Trinajstić information content (AvgIpc) is 3.54. The van der Waals surface area contributed by atoms with Crippen molar-refractivity contribution in [3.8, 4) is 0 Å². The van der Waals surface area contributed by atoms with Crippen molar-refractivity contribution in [2.75, 3.05) is 32.4 Å².